The molecule has 0 aromatic rings. The van der Waals surface area contributed by atoms with Crippen molar-refractivity contribution in [1.29, 1.82) is 0 Å². The summed E-state index contributed by atoms with van der Waals surface area (Å²) in [6.07, 6.45) is 0.876. The zero-order chi connectivity index (χ0) is 9.68. The largest absolute Gasteiger partial charge is 0.379 e. The van der Waals surface area contributed by atoms with Gasteiger partial charge in [-0.2, -0.15) is 0 Å². The molecule has 0 aromatic carbocycles. The van der Waals surface area contributed by atoms with Crippen LogP contribution in [-0.2, 0) is 9.57 Å². The van der Waals surface area contributed by atoms with Gasteiger partial charge in [0, 0.05) is 13.2 Å². The Kier molecular flexibility index (Phi) is 3.98. The minimum atomic E-state index is -0.194. The van der Waals surface area contributed by atoms with Gasteiger partial charge in [-0.25, -0.2) is 10.3 Å². The molecule has 1 rings (SSSR count). The molecule has 1 saturated heterocycles. The van der Waals surface area contributed by atoms with E-state index in [1.807, 2.05) is 6.92 Å². The standard InChI is InChI=1S/C8H16N2O3/c1-7-6-13-5-3-4-10(7)8(11)9-12-2/h7H,3-6H2,1-2H3,(H,9,11). The molecule has 13 heavy (non-hydrogen) atoms. The summed E-state index contributed by atoms with van der Waals surface area (Å²) in [4.78, 5) is 17.7. The van der Waals surface area contributed by atoms with Gasteiger partial charge in [0.25, 0.3) is 0 Å². The normalized spacial score (nSPS) is 23.8. The van der Waals surface area contributed by atoms with E-state index in [0.29, 0.717) is 6.61 Å². The lowest BCUT2D eigenvalue weighted by atomic mass is 10.3. The van der Waals surface area contributed by atoms with Gasteiger partial charge in [0.15, 0.2) is 0 Å². The van der Waals surface area contributed by atoms with Gasteiger partial charge >= 0.3 is 6.03 Å². The maximum Gasteiger partial charge on any atom is 0.341 e. The zero-order valence-corrected chi connectivity index (χ0v) is 8.08. The van der Waals surface area contributed by atoms with Gasteiger partial charge in [-0.15, -0.1) is 0 Å². The van der Waals surface area contributed by atoms with Crippen molar-refractivity contribution < 1.29 is 14.4 Å². The summed E-state index contributed by atoms with van der Waals surface area (Å²) < 4.78 is 5.30. The number of hydrogen-bond donors (Lipinski definition) is 1. The highest BCUT2D eigenvalue weighted by atomic mass is 16.6. The number of nitrogens with one attached hydrogen (secondary N) is 1. The van der Waals surface area contributed by atoms with Crippen LogP contribution in [-0.4, -0.2) is 43.8 Å². The fraction of sp³-hybridized carbons (Fsp3) is 0.875. The fourth-order valence-electron chi connectivity index (χ4n) is 1.35. The molecule has 1 fully saturated rings. The van der Waals surface area contributed by atoms with Crippen molar-refractivity contribution in [2.75, 3.05) is 26.9 Å². The van der Waals surface area contributed by atoms with E-state index >= 15 is 0 Å². The number of rotatable bonds is 1. The van der Waals surface area contributed by atoms with E-state index in [9.17, 15) is 4.79 Å². The van der Waals surface area contributed by atoms with Crippen LogP contribution in [0.1, 0.15) is 13.3 Å². The Morgan fingerprint density at radius 1 is 1.69 bits per heavy atom. The van der Waals surface area contributed by atoms with Crippen LogP contribution in [0, 0.1) is 0 Å². The average Bonchev–Trinajstić information content (AvgIpc) is 2.30. The van der Waals surface area contributed by atoms with Gasteiger partial charge in [-0.3, -0.25) is 4.84 Å². The van der Waals surface area contributed by atoms with E-state index in [-0.39, 0.29) is 12.1 Å². The number of hydrogen-bond acceptors (Lipinski definition) is 3. The number of hydroxylamine groups is 1. The van der Waals surface area contributed by atoms with E-state index < -0.39 is 0 Å². The second-order valence-electron chi connectivity index (χ2n) is 3.08. The zero-order valence-electron chi connectivity index (χ0n) is 8.08. The van der Waals surface area contributed by atoms with Crippen molar-refractivity contribution >= 4 is 6.03 Å². The summed E-state index contributed by atoms with van der Waals surface area (Å²) >= 11 is 0. The summed E-state index contributed by atoms with van der Waals surface area (Å²) in [5.74, 6) is 0. The maximum atomic E-state index is 11.4. The van der Waals surface area contributed by atoms with Gasteiger partial charge in [0.1, 0.15) is 0 Å². The van der Waals surface area contributed by atoms with Gasteiger partial charge in [-0.1, -0.05) is 0 Å². The van der Waals surface area contributed by atoms with Crippen LogP contribution in [0.2, 0.25) is 0 Å². The Morgan fingerprint density at radius 2 is 2.46 bits per heavy atom. The second-order valence-corrected chi connectivity index (χ2v) is 3.08. The van der Waals surface area contributed by atoms with Crippen molar-refractivity contribution in [2.45, 2.75) is 19.4 Å². The van der Waals surface area contributed by atoms with Crippen LogP contribution < -0.4 is 5.48 Å². The smallest absolute Gasteiger partial charge is 0.341 e. The molecule has 0 bridgehead atoms. The van der Waals surface area contributed by atoms with Crippen LogP contribution in [0.3, 0.4) is 0 Å². The summed E-state index contributed by atoms with van der Waals surface area (Å²) in [5.41, 5.74) is 2.30. The third kappa shape index (κ3) is 2.86. The first-order chi connectivity index (χ1) is 6.25. The summed E-state index contributed by atoms with van der Waals surface area (Å²) in [5, 5.41) is 0. The van der Waals surface area contributed by atoms with Gasteiger partial charge < -0.3 is 9.64 Å². The van der Waals surface area contributed by atoms with Crippen molar-refractivity contribution in [1.82, 2.24) is 10.4 Å². The fourth-order valence-corrected chi connectivity index (χ4v) is 1.35. The lowest BCUT2D eigenvalue weighted by Gasteiger charge is -2.25. The molecule has 0 aliphatic carbocycles. The molecule has 0 radical (unpaired) electrons. The number of ether oxygens (including phenoxy) is 1. The molecule has 1 heterocycles. The van der Waals surface area contributed by atoms with E-state index in [0.717, 1.165) is 19.6 Å². The number of amides is 2. The molecule has 5 heteroatoms. The van der Waals surface area contributed by atoms with Crippen LogP contribution in [0.15, 0.2) is 0 Å². The summed E-state index contributed by atoms with van der Waals surface area (Å²) in [7, 11) is 1.43. The molecule has 1 aliphatic heterocycles. The number of urea groups is 1. The first-order valence-corrected chi connectivity index (χ1v) is 4.43. The van der Waals surface area contributed by atoms with Crippen LogP contribution in [0.25, 0.3) is 0 Å². The predicted octanol–water partition coefficient (Wildman–Crippen LogP) is 0.368. The molecule has 0 saturated carbocycles. The summed E-state index contributed by atoms with van der Waals surface area (Å²) in [6, 6.07) is -0.0850. The third-order valence-corrected chi connectivity index (χ3v) is 2.03. The SMILES string of the molecule is CONC(=O)N1CCCOCC1C. The Morgan fingerprint density at radius 3 is 3.15 bits per heavy atom. The highest BCUT2D eigenvalue weighted by Gasteiger charge is 2.21. The maximum absolute atomic E-state index is 11.4. The molecule has 1 unspecified atom stereocenters. The highest BCUT2D eigenvalue weighted by molar-refractivity contribution is 5.73. The highest BCUT2D eigenvalue weighted by Crippen LogP contribution is 2.06. The number of carbonyl (C=O) groups excluding carboxylic acids is 1. The van der Waals surface area contributed by atoms with E-state index in [1.165, 1.54) is 7.11 Å². The van der Waals surface area contributed by atoms with E-state index in [1.54, 1.807) is 4.90 Å². The topological polar surface area (TPSA) is 50.8 Å². The summed E-state index contributed by atoms with van der Waals surface area (Å²) in [6.45, 7) is 4.00. The molecule has 0 spiro atoms. The second kappa shape index (κ2) is 5.04. The average molecular weight is 188 g/mol. The van der Waals surface area contributed by atoms with Crippen LogP contribution in [0.4, 0.5) is 4.79 Å². The van der Waals surface area contributed by atoms with Crippen LogP contribution in [0.5, 0.6) is 0 Å². The van der Waals surface area contributed by atoms with Gasteiger partial charge in [-0.05, 0) is 13.3 Å². The monoisotopic (exact) mass is 188 g/mol. The molecular weight excluding hydrogens is 172 g/mol. The lowest BCUT2D eigenvalue weighted by Crippen LogP contribution is -2.45. The lowest BCUT2D eigenvalue weighted by molar-refractivity contribution is 0.0717. The minimum Gasteiger partial charge on any atom is -0.379 e. The van der Waals surface area contributed by atoms with Crippen molar-refractivity contribution in [2.24, 2.45) is 0 Å². The molecule has 1 N–H and O–H groups in total. The Balaban J connectivity index is 2.48. The van der Waals surface area contributed by atoms with Gasteiger partial charge in [0.2, 0.25) is 0 Å². The number of nitrogens with zero attached hydrogens (tertiary/aromatic N) is 1. The number of carbonyl (C=O) groups is 1. The van der Waals surface area contributed by atoms with E-state index in [4.69, 9.17) is 4.74 Å². The first-order valence-electron chi connectivity index (χ1n) is 4.43. The Hall–Kier alpha value is -0.810. The molecule has 2 amide bonds. The molecule has 5 nitrogen and oxygen atoms in total. The first kappa shape index (κ1) is 10.3. The molecular formula is C8H16N2O3. The molecule has 0 aromatic heterocycles. The van der Waals surface area contributed by atoms with Crippen molar-refractivity contribution in [3.8, 4) is 0 Å². The quantitative estimate of drug-likeness (QED) is 0.605. The third-order valence-electron chi connectivity index (χ3n) is 2.03. The minimum absolute atomic E-state index is 0.109. The van der Waals surface area contributed by atoms with Crippen molar-refractivity contribution in [3.63, 3.8) is 0 Å². The molecule has 1 atom stereocenters. The molecule has 1 aliphatic rings. The Labute approximate surface area is 77.9 Å². The van der Waals surface area contributed by atoms with Crippen LogP contribution >= 0.6 is 0 Å². The Bertz CT molecular complexity index is 175. The predicted molar refractivity (Wildman–Crippen MR) is 47.1 cm³/mol. The molecule has 76 valence electrons. The van der Waals surface area contributed by atoms with Gasteiger partial charge in [0.05, 0.1) is 19.8 Å². The van der Waals surface area contributed by atoms with E-state index in [2.05, 4.69) is 10.3 Å². The van der Waals surface area contributed by atoms with Crippen molar-refractivity contribution in [3.05, 3.63) is 0 Å².